The molecule has 0 bridgehead atoms. The van der Waals surface area contributed by atoms with Gasteiger partial charge in [-0.3, -0.25) is 0 Å². The Morgan fingerprint density at radius 1 is 1.14 bits per heavy atom. The van der Waals surface area contributed by atoms with E-state index in [0.29, 0.717) is 26.8 Å². The first-order valence-corrected chi connectivity index (χ1v) is 7.43. The molecule has 0 fully saturated rings. The lowest BCUT2D eigenvalue weighted by Crippen LogP contribution is -2.07. The molecule has 7 heteroatoms. The molecule has 21 heavy (non-hydrogen) atoms. The van der Waals surface area contributed by atoms with Gasteiger partial charge in [0.1, 0.15) is 0 Å². The van der Waals surface area contributed by atoms with Gasteiger partial charge in [-0.25, -0.2) is 0 Å². The minimum absolute atomic E-state index is 0.0106. The Hall–Kier alpha value is -1.04. The Morgan fingerprint density at radius 2 is 1.90 bits per heavy atom. The first-order valence-electron chi connectivity index (χ1n) is 5.88. The molecule has 0 spiro atoms. The van der Waals surface area contributed by atoms with Crippen LogP contribution >= 0.6 is 39.1 Å². The third-order valence-corrected chi connectivity index (χ3v) is 3.63. The fourth-order valence-corrected chi connectivity index (χ4v) is 2.86. The molecule has 0 atom stereocenters. The molecule has 0 unspecified atom stereocenters. The number of alkyl halides is 2. The molecule has 0 aromatic heterocycles. The molecule has 112 valence electrons. The highest BCUT2D eigenvalue weighted by molar-refractivity contribution is 9.10. The zero-order valence-corrected chi connectivity index (χ0v) is 13.6. The first kappa shape index (κ1) is 16.3. The van der Waals surface area contributed by atoms with Crippen LogP contribution in [0.4, 0.5) is 14.5 Å². The Labute approximate surface area is 139 Å². The molecule has 0 aliphatic rings. The predicted octanol–water partition coefficient (Wildman–Crippen LogP) is 5.97. The molecule has 0 aliphatic carbocycles. The number of hydrogen-bond acceptors (Lipinski definition) is 2. The molecule has 0 saturated heterocycles. The molecular formula is C14H10BrCl2F2NO. The highest BCUT2D eigenvalue weighted by Crippen LogP contribution is 2.37. The van der Waals surface area contributed by atoms with E-state index in [1.807, 2.05) is 12.1 Å². The summed E-state index contributed by atoms with van der Waals surface area (Å²) in [6, 6.07) is 10.2. The van der Waals surface area contributed by atoms with Gasteiger partial charge in [-0.05, 0) is 45.8 Å². The fraction of sp³-hybridized carbons (Fsp3) is 0.143. The van der Waals surface area contributed by atoms with Crippen LogP contribution in [0.2, 0.25) is 10.0 Å². The SMILES string of the molecule is FC(F)Oc1c(Br)cc(Cl)cc1NCc1cccc(Cl)c1. The van der Waals surface area contributed by atoms with Crippen molar-refractivity contribution >= 4 is 44.8 Å². The largest absolute Gasteiger partial charge is 0.431 e. The van der Waals surface area contributed by atoms with Gasteiger partial charge in [0.05, 0.1) is 10.2 Å². The first-order chi connectivity index (χ1) is 9.95. The topological polar surface area (TPSA) is 21.3 Å². The molecule has 1 N–H and O–H groups in total. The van der Waals surface area contributed by atoms with Crippen molar-refractivity contribution in [3.63, 3.8) is 0 Å². The molecule has 0 radical (unpaired) electrons. The molecular weight excluding hydrogens is 387 g/mol. The summed E-state index contributed by atoms with van der Waals surface area (Å²) in [4.78, 5) is 0. The van der Waals surface area contributed by atoms with Crippen LogP contribution in [0.3, 0.4) is 0 Å². The molecule has 2 nitrogen and oxygen atoms in total. The average molecular weight is 397 g/mol. The summed E-state index contributed by atoms with van der Waals surface area (Å²) in [5, 5.41) is 4.01. The summed E-state index contributed by atoms with van der Waals surface area (Å²) >= 11 is 15.0. The highest BCUT2D eigenvalue weighted by atomic mass is 79.9. The van der Waals surface area contributed by atoms with E-state index in [9.17, 15) is 8.78 Å². The van der Waals surface area contributed by atoms with Crippen molar-refractivity contribution in [3.8, 4) is 5.75 Å². The van der Waals surface area contributed by atoms with Gasteiger partial charge in [0.2, 0.25) is 0 Å². The van der Waals surface area contributed by atoms with Crippen molar-refractivity contribution in [1.29, 1.82) is 0 Å². The van der Waals surface area contributed by atoms with Crippen LogP contribution in [-0.2, 0) is 6.54 Å². The van der Waals surface area contributed by atoms with Gasteiger partial charge in [-0.1, -0.05) is 35.3 Å². The smallest absolute Gasteiger partial charge is 0.387 e. The van der Waals surface area contributed by atoms with Crippen molar-refractivity contribution in [2.75, 3.05) is 5.32 Å². The quantitative estimate of drug-likeness (QED) is 0.672. The van der Waals surface area contributed by atoms with E-state index in [-0.39, 0.29) is 5.75 Å². The molecule has 0 saturated carbocycles. The third-order valence-electron chi connectivity index (χ3n) is 2.59. The van der Waals surface area contributed by atoms with Crippen molar-refractivity contribution < 1.29 is 13.5 Å². The van der Waals surface area contributed by atoms with Crippen molar-refractivity contribution in [3.05, 3.63) is 56.5 Å². The van der Waals surface area contributed by atoms with Crippen LogP contribution in [0.1, 0.15) is 5.56 Å². The number of benzene rings is 2. The zero-order valence-electron chi connectivity index (χ0n) is 10.5. The van der Waals surface area contributed by atoms with Crippen LogP contribution < -0.4 is 10.1 Å². The van der Waals surface area contributed by atoms with Gasteiger partial charge in [0.25, 0.3) is 0 Å². The third kappa shape index (κ3) is 4.73. The Kier molecular flexibility index (Phi) is 5.67. The highest BCUT2D eigenvalue weighted by Gasteiger charge is 2.14. The van der Waals surface area contributed by atoms with Crippen LogP contribution in [-0.4, -0.2) is 6.61 Å². The van der Waals surface area contributed by atoms with Crippen LogP contribution in [0.15, 0.2) is 40.9 Å². The second-order valence-electron chi connectivity index (χ2n) is 4.13. The molecule has 2 aromatic rings. The van der Waals surface area contributed by atoms with Gasteiger partial charge in [0.15, 0.2) is 5.75 Å². The van der Waals surface area contributed by atoms with Crippen molar-refractivity contribution in [1.82, 2.24) is 0 Å². The number of nitrogens with one attached hydrogen (secondary N) is 1. The number of ether oxygens (including phenoxy) is 1. The van der Waals surface area contributed by atoms with Crippen LogP contribution in [0.25, 0.3) is 0 Å². The zero-order chi connectivity index (χ0) is 15.4. The minimum atomic E-state index is -2.92. The molecule has 2 aromatic carbocycles. The summed E-state index contributed by atoms with van der Waals surface area (Å²) in [7, 11) is 0. The monoisotopic (exact) mass is 395 g/mol. The second-order valence-corrected chi connectivity index (χ2v) is 5.85. The normalized spacial score (nSPS) is 10.8. The van der Waals surface area contributed by atoms with E-state index >= 15 is 0 Å². The maximum atomic E-state index is 12.5. The van der Waals surface area contributed by atoms with E-state index in [0.717, 1.165) is 5.56 Å². The number of halogens is 5. The number of hydrogen-bond donors (Lipinski definition) is 1. The molecule has 0 aliphatic heterocycles. The lowest BCUT2D eigenvalue weighted by atomic mass is 10.2. The predicted molar refractivity (Wildman–Crippen MR) is 84.6 cm³/mol. The summed E-state index contributed by atoms with van der Waals surface area (Å²) < 4.78 is 29.8. The lowest BCUT2D eigenvalue weighted by Gasteiger charge is -2.15. The Bertz CT molecular complexity index is 640. The van der Waals surface area contributed by atoms with E-state index in [2.05, 4.69) is 26.0 Å². The Balaban J connectivity index is 2.22. The molecule has 2 rings (SSSR count). The second kappa shape index (κ2) is 7.29. The molecule has 0 amide bonds. The van der Waals surface area contributed by atoms with E-state index in [1.165, 1.54) is 12.1 Å². The summed E-state index contributed by atoms with van der Waals surface area (Å²) in [6.07, 6.45) is 0. The van der Waals surface area contributed by atoms with Gasteiger partial charge >= 0.3 is 6.61 Å². The fourth-order valence-electron chi connectivity index (χ4n) is 1.74. The maximum Gasteiger partial charge on any atom is 0.387 e. The summed E-state index contributed by atoms with van der Waals surface area (Å²) in [5.74, 6) is 0.0106. The summed E-state index contributed by atoms with van der Waals surface area (Å²) in [5.41, 5.74) is 1.27. The minimum Gasteiger partial charge on any atom is -0.431 e. The van der Waals surface area contributed by atoms with E-state index < -0.39 is 6.61 Å². The van der Waals surface area contributed by atoms with Crippen LogP contribution in [0.5, 0.6) is 5.75 Å². The number of anilines is 1. The molecule has 0 heterocycles. The number of rotatable bonds is 5. The van der Waals surface area contributed by atoms with Crippen molar-refractivity contribution in [2.45, 2.75) is 13.2 Å². The Morgan fingerprint density at radius 3 is 2.57 bits per heavy atom. The van der Waals surface area contributed by atoms with Gasteiger partial charge in [-0.15, -0.1) is 0 Å². The van der Waals surface area contributed by atoms with Crippen molar-refractivity contribution in [2.24, 2.45) is 0 Å². The maximum absolute atomic E-state index is 12.5. The standard InChI is InChI=1S/C14H10BrCl2F2NO/c15-11-5-10(17)6-12(13(11)21-14(18)19)20-7-8-2-1-3-9(16)4-8/h1-6,14,20H,7H2. The van der Waals surface area contributed by atoms with Gasteiger partial charge < -0.3 is 10.1 Å². The van der Waals surface area contributed by atoms with Crippen LogP contribution in [0, 0.1) is 0 Å². The van der Waals surface area contributed by atoms with Gasteiger partial charge in [0, 0.05) is 16.6 Å². The lowest BCUT2D eigenvalue weighted by molar-refractivity contribution is -0.0498. The summed E-state index contributed by atoms with van der Waals surface area (Å²) in [6.45, 7) is -2.53. The van der Waals surface area contributed by atoms with Gasteiger partial charge in [-0.2, -0.15) is 8.78 Å². The average Bonchev–Trinajstić information content (AvgIpc) is 2.39. The van der Waals surface area contributed by atoms with E-state index in [1.54, 1.807) is 12.1 Å². The van der Waals surface area contributed by atoms with E-state index in [4.69, 9.17) is 23.2 Å².